The van der Waals surface area contributed by atoms with Gasteiger partial charge in [0.2, 0.25) is 5.91 Å². The third-order valence-electron chi connectivity index (χ3n) is 4.07. The number of methoxy groups -OCH3 is 1. The van der Waals surface area contributed by atoms with Crippen molar-refractivity contribution < 1.29 is 14.3 Å². The van der Waals surface area contributed by atoms with E-state index in [1.165, 1.54) is 16.7 Å². The fourth-order valence-electron chi connectivity index (χ4n) is 2.67. The number of hydrogen-bond acceptors (Lipinski definition) is 5. The van der Waals surface area contributed by atoms with E-state index in [0.29, 0.717) is 16.4 Å². The molecule has 0 radical (unpaired) electrons. The fraction of sp³-hybridized carbons (Fsp3) is 0.190. The summed E-state index contributed by atoms with van der Waals surface area (Å²) >= 11 is 1.33. The number of ether oxygens (including phenoxy) is 1. The van der Waals surface area contributed by atoms with Crippen LogP contribution in [-0.2, 0) is 4.79 Å². The number of thioether (sulfide) groups is 1. The van der Waals surface area contributed by atoms with Gasteiger partial charge >= 0.3 is 0 Å². The second-order valence-electron chi connectivity index (χ2n) is 6.40. The Kier molecular flexibility index (Phi) is 6.56. The monoisotopic (exact) mass is 410 g/mol. The minimum Gasteiger partial charge on any atom is -0.497 e. The number of anilines is 1. The Balaban J connectivity index is 1.64. The van der Waals surface area contributed by atoms with E-state index in [0.717, 1.165) is 11.4 Å². The van der Waals surface area contributed by atoms with Crippen LogP contribution in [0, 0.1) is 0 Å². The molecule has 1 N–H and O–H groups in total. The molecule has 0 saturated carbocycles. The molecule has 0 unspecified atom stereocenters. The molecule has 0 fully saturated rings. The highest BCUT2D eigenvalue weighted by Crippen LogP contribution is 2.23. The summed E-state index contributed by atoms with van der Waals surface area (Å²) in [4.78, 5) is 30.3. The molecule has 0 saturated heterocycles. The second kappa shape index (κ2) is 9.29. The van der Waals surface area contributed by atoms with Crippen molar-refractivity contribution in [2.45, 2.75) is 5.16 Å². The van der Waals surface area contributed by atoms with E-state index in [2.05, 4.69) is 10.3 Å². The van der Waals surface area contributed by atoms with Gasteiger partial charge in [-0.05, 0) is 30.3 Å². The Hall–Kier alpha value is -3.26. The minimum absolute atomic E-state index is 0.115. The molecule has 8 heteroatoms. The largest absolute Gasteiger partial charge is 0.497 e. The summed E-state index contributed by atoms with van der Waals surface area (Å²) in [6.07, 6.45) is 3.53. The fourth-order valence-corrected chi connectivity index (χ4v) is 3.44. The van der Waals surface area contributed by atoms with Gasteiger partial charge in [0.25, 0.3) is 5.91 Å². The smallest absolute Gasteiger partial charge is 0.253 e. The molecule has 1 aromatic heterocycles. The first-order valence-electron chi connectivity index (χ1n) is 8.90. The lowest BCUT2D eigenvalue weighted by atomic mass is 10.2. The Morgan fingerprint density at radius 2 is 1.97 bits per heavy atom. The van der Waals surface area contributed by atoms with Gasteiger partial charge in [-0.2, -0.15) is 0 Å². The molecule has 0 bridgehead atoms. The van der Waals surface area contributed by atoms with Gasteiger partial charge in [0, 0.05) is 43.8 Å². The molecular weight excluding hydrogens is 388 g/mol. The summed E-state index contributed by atoms with van der Waals surface area (Å²) in [5.74, 6) is 0.643. The van der Waals surface area contributed by atoms with Crippen molar-refractivity contribution in [2.24, 2.45) is 0 Å². The Morgan fingerprint density at radius 1 is 1.17 bits per heavy atom. The predicted octanol–water partition coefficient (Wildman–Crippen LogP) is 3.31. The average molecular weight is 410 g/mol. The maximum absolute atomic E-state index is 12.4. The van der Waals surface area contributed by atoms with Crippen LogP contribution in [0.25, 0.3) is 5.69 Å². The summed E-state index contributed by atoms with van der Waals surface area (Å²) in [6.45, 7) is 0. The minimum atomic E-state index is -0.176. The van der Waals surface area contributed by atoms with Crippen LogP contribution in [0.15, 0.2) is 66.1 Å². The van der Waals surface area contributed by atoms with Gasteiger partial charge in [-0.1, -0.05) is 23.9 Å². The van der Waals surface area contributed by atoms with Crippen LogP contribution >= 0.6 is 11.8 Å². The van der Waals surface area contributed by atoms with Crippen molar-refractivity contribution in [1.29, 1.82) is 0 Å². The maximum atomic E-state index is 12.4. The van der Waals surface area contributed by atoms with Crippen molar-refractivity contribution in [2.75, 3.05) is 32.3 Å². The molecule has 2 amide bonds. The van der Waals surface area contributed by atoms with Crippen LogP contribution in [0.3, 0.4) is 0 Å². The van der Waals surface area contributed by atoms with Gasteiger partial charge in [0.05, 0.1) is 18.6 Å². The van der Waals surface area contributed by atoms with Gasteiger partial charge in [-0.15, -0.1) is 0 Å². The lowest BCUT2D eigenvalue weighted by molar-refractivity contribution is -0.113. The number of nitrogens with one attached hydrogen (secondary N) is 1. The van der Waals surface area contributed by atoms with Crippen molar-refractivity contribution in [3.8, 4) is 11.4 Å². The van der Waals surface area contributed by atoms with E-state index in [-0.39, 0.29) is 17.6 Å². The molecule has 3 aromatic rings. The topological polar surface area (TPSA) is 76.5 Å². The number of imidazole rings is 1. The van der Waals surface area contributed by atoms with Crippen LogP contribution in [0.2, 0.25) is 0 Å². The lowest BCUT2D eigenvalue weighted by Crippen LogP contribution is -2.22. The number of amides is 2. The molecule has 3 rings (SSSR count). The number of benzene rings is 2. The van der Waals surface area contributed by atoms with Crippen molar-refractivity contribution in [3.05, 3.63) is 66.5 Å². The Bertz CT molecular complexity index is 1020. The highest BCUT2D eigenvalue weighted by atomic mass is 32.2. The molecule has 29 heavy (non-hydrogen) atoms. The zero-order valence-corrected chi connectivity index (χ0v) is 17.3. The molecule has 2 aromatic carbocycles. The van der Waals surface area contributed by atoms with Crippen molar-refractivity contribution >= 4 is 29.3 Å². The van der Waals surface area contributed by atoms with Crippen LogP contribution in [0.5, 0.6) is 5.75 Å². The summed E-state index contributed by atoms with van der Waals surface area (Å²) in [7, 11) is 5.00. The number of hydrogen-bond donors (Lipinski definition) is 1. The summed E-state index contributed by atoms with van der Waals surface area (Å²) in [5, 5.41) is 3.53. The Morgan fingerprint density at radius 3 is 2.72 bits per heavy atom. The first kappa shape index (κ1) is 20.5. The van der Waals surface area contributed by atoms with Gasteiger partial charge in [-0.3, -0.25) is 14.2 Å². The van der Waals surface area contributed by atoms with Crippen LogP contribution in [0.4, 0.5) is 5.69 Å². The average Bonchev–Trinajstić information content (AvgIpc) is 3.20. The number of carbonyl (C=O) groups is 2. The number of carbonyl (C=O) groups excluding carboxylic acids is 2. The quantitative estimate of drug-likeness (QED) is 0.605. The molecule has 7 nitrogen and oxygen atoms in total. The first-order chi connectivity index (χ1) is 14.0. The van der Waals surface area contributed by atoms with E-state index in [9.17, 15) is 9.59 Å². The number of aromatic nitrogens is 2. The molecule has 0 aliphatic carbocycles. The third-order valence-corrected chi connectivity index (χ3v) is 5.04. The maximum Gasteiger partial charge on any atom is 0.253 e. The van der Waals surface area contributed by atoms with Crippen LogP contribution in [-0.4, -0.2) is 53.2 Å². The predicted molar refractivity (Wildman–Crippen MR) is 114 cm³/mol. The summed E-state index contributed by atoms with van der Waals surface area (Å²) in [6, 6.07) is 14.5. The molecule has 0 aliphatic rings. The molecular formula is C21H22N4O3S. The molecule has 0 aliphatic heterocycles. The normalized spacial score (nSPS) is 10.4. The zero-order chi connectivity index (χ0) is 20.8. The molecule has 1 heterocycles. The second-order valence-corrected chi connectivity index (χ2v) is 7.34. The van der Waals surface area contributed by atoms with E-state index >= 15 is 0 Å². The van der Waals surface area contributed by atoms with Crippen LogP contribution in [0.1, 0.15) is 10.4 Å². The highest BCUT2D eigenvalue weighted by molar-refractivity contribution is 7.99. The third kappa shape index (κ3) is 5.17. The van der Waals surface area contributed by atoms with E-state index in [1.54, 1.807) is 51.7 Å². The van der Waals surface area contributed by atoms with E-state index in [1.807, 2.05) is 35.0 Å². The van der Waals surface area contributed by atoms with Crippen LogP contribution < -0.4 is 10.1 Å². The number of nitrogens with zero attached hydrogens (tertiary/aromatic N) is 3. The summed E-state index contributed by atoms with van der Waals surface area (Å²) < 4.78 is 7.17. The van der Waals surface area contributed by atoms with E-state index in [4.69, 9.17) is 4.74 Å². The summed E-state index contributed by atoms with van der Waals surface area (Å²) in [5.41, 5.74) is 2.01. The van der Waals surface area contributed by atoms with Gasteiger partial charge in [0.15, 0.2) is 5.16 Å². The molecule has 0 atom stereocenters. The number of rotatable bonds is 7. The van der Waals surface area contributed by atoms with Gasteiger partial charge in [0.1, 0.15) is 5.75 Å². The van der Waals surface area contributed by atoms with Crippen molar-refractivity contribution in [1.82, 2.24) is 14.5 Å². The zero-order valence-electron chi connectivity index (χ0n) is 16.5. The molecule has 0 spiro atoms. The SMILES string of the molecule is COc1cccc(-n2ccnc2SCC(=O)Nc2cccc(C(=O)N(C)C)c2)c1. The highest BCUT2D eigenvalue weighted by Gasteiger charge is 2.12. The van der Waals surface area contributed by atoms with Gasteiger partial charge < -0.3 is 15.0 Å². The van der Waals surface area contributed by atoms with E-state index < -0.39 is 0 Å². The molecule has 150 valence electrons. The lowest BCUT2D eigenvalue weighted by Gasteiger charge is -2.12. The van der Waals surface area contributed by atoms with Gasteiger partial charge in [-0.25, -0.2) is 4.98 Å². The Labute approximate surface area is 173 Å². The van der Waals surface area contributed by atoms with Crippen molar-refractivity contribution in [3.63, 3.8) is 0 Å². The first-order valence-corrected chi connectivity index (χ1v) is 9.88. The standard InChI is InChI=1S/C21H22N4O3S/c1-24(2)20(27)15-6-4-7-16(12-15)23-19(26)14-29-21-22-10-11-25(21)17-8-5-9-18(13-17)28-3/h4-13H,14H2,1-3H3,(H,23,26).